The zero-order valence-electron chi connectivity index (χ0n) is 4.13. The van der Waals surface area contributed by atoms with Gasteiger partial charge in [-0.05, 0) is 6.92 Å². The number of hydrazine groups is 1. The zero-order valence-corrected chi connectivity index (χ0v) is 4.13. The minimum absolute atomic E-state index is 0.365. The second-order valence-corrected chi connectivity index (χ2v) is 0.492. The molecule has 0 amide bonds. The summed E-state index contributed by atoms with van der Waals surface area (Å²) in [5.74, 6) is 8.00. The summed E-state index contributed by atoms with van der Waals surface area (Å²) in [6, 6.07) is 0. The van der Waals surface area contributed by atoms with Gasteiger partial charge in [-0.3, -0.25) is 11.7 Å². The van der Waals surface area contributed by atoms with Crippen LogP contribution in [0.1, 0.15) is 6.92 Å². The van der Waals surface area contributed by atoms with Crippen LogP contribution in [0.3, 0.4) is 0 Å². The second-order valence-electron chi connectivity index (χ2n) is 0.492. The number of nitrogens with zero attached hydrogens (tertiary/aromatic N) is 1. The lowest BCUT2D eigenvalue weighted by Crippen LogP contribution is -2.02. The summed E-state index contributed by atoms with van der Waals surface area (Å²) < 4.78 is 0. The summed E-state index contributed by atoms with van der Waals surface area (Å²) in [6.45, 7) is 2.06. The summed E-state index contributed by atoms with van der Waals surface area (Å²) in [6.07, 6.45) is 0. The first kappa shape index (κ1) is 9.58. The predicted octanol–water partition coefficient (Wildman–Crippen LogP) is -0.477. The molecule has 0 aromatic carbocycles. The lowest BCUT2D eigenvalue weighted by molar-refractivity contribution is 0.154. The van der Waals surface area contributed by atoms with Crippen LogP contribution in [0, 0.1) is 4.91 Å². The lowest BCUT2D eigenvalue weighted by Gasteiger charge is -1.76. The highest BCUT2D eigenvalue weighted by Crippen LogP contribution is 1.65. The minimum atomic E-state index is 0.365. The first-order valence-corrected chi connectivity index (χ1v) is 1.69. The normalized spacial score (nSPS) is 5.57. The Morgan fingerprint density at radius 2 is 2.14 bits per heavy atom. The molecule has 7 heavy (non-hydrogen) atoms. The summed E-state index contributed by atoms with van der Waals surface area (Å²) in [7, 11) is 0. The van der Waals surface area contributed by atoms with Crippen molar-refractivity contribution in [1.29, 1.82) is 0 Å². The van der Waals surface area contributed by atoms with Gasteiger partial charge in [0.25, 0.3) is 0 Å². The smallest absolute Gasteiger partial charge is 0.155 e. The SMILES string of the molecule is CCON=O.NN. The van der Waals surface area contributed by atoms with E-state index in [9.17, 15) is 0 Å². The molecule has 0 aliphatic heterocycles. The average molecular weight is 107 g/mol. The minimum Gasteiger partial charge on any atom is -0.364 e. The van der Waals surface area contributed by atoms with Gasteiger partial charge < -0.3 is 4.84 Å². The molecule has 0 radical (unpaired) electrons. The Bertz CT molecular complexity index is 32.1. The van der Waals surface area contributed by atoms with Gasteiger partial charge in [-0.15, -0.1) is 4.91 Å². The van der Waals surface area contributed by atoms with Crippen LogP contribution in [0.15, 0.2) is 5.34 Å². The molecule has 4 N–H and O–H groups in total. The van der Waals surface area contributed by atoms with Crippen molar-refractivity contribution in [2.24, 2.45) is 17.0 Å². The molecule has 0 aromatic rings. The Morgan fingerprint density at radius 3 is 2.14 bits per heavy atom. The second kappa shape index (κ2) is 18.4. The van der Waals surface area contributed by atoms with Gasteiger partial charge in [0.05, 0.1) is 0 Å². The maximum absolute atomic E-state index is 8.93. The first-order chi connectivity index (χ1) is 3.41. The quantitative estimate of drug-likeness (QED) is 0.283. The van der Waals surface area contributed by atoms with E-state index < -0.39 is 0 Å². The van der Waals surface area contributed by atoms with Gasteiger partial charge in [0.15, 0.2) is 5.34 Å². The van der Waals surface area contributed by atoms with Gasteiger partial charge in [-0.1, -0.05) is 0 Å². The largest absolute Gasteiger partial charge is 0.364 e. The van der Waals surface area contributed by atoms with Gasteiger partial charge in [0.2, 0.25) is 0 Å². The van der Waals surface area contributed by atoms with Crippen molar-refractivity contribution in [3.05, 3.63) is 4.91 Å². The Hall–Kier alpha value is -0.680. The van der Waals surface area contributed by atoms with E-state index in [2.05, 4.69) is 21.9 Å². The molecule has 0 unspecified atom stereocenters. The molecule has 0 saturated carbocycles. The van der Waals surface area contributed by atoms with E-state index in [1.165, 1.54) is 0 Å². The van der Waals surface area contributed by atoms with E-state index in [4.69, 9.17) is 4.91 Å². The van der Waals surface area contributed by atoms with Crippen molar-refractivity contribution < 1.29 is 4.84 Å². The third-order valence-corrected chi connectivity index (χ3v) is 0.182. The fourth-order valence-corrected chi connectivity index (χ4v) is 0.0527. The number of rotatable bonds is 2. The van der Waals surface area contributed by atoms with Crippen molar-refractivity contribution in [2.75, 3.05) is 6.61 Å². The van der Waals surface area contributed by atoms with Crippen molar-refractivity contribution in [1.82, 2.24) is 0 Å². The van der Waals surface area contributed by atoms with Crippen molar-refractivity contribution >= 4 is 0 Å². The molecule has 0 aromatic heterocycles. The fraction of sp³-hybridized carbons (Fsp3) is 1.00. The van der Waals surface area contributed by atoms with E-state index in [0.29, 0.717) is 6.61 Å². The van der Waals surface area contributed by atoms with E-state index in [1.807, 2.05) is 0 Å². The van der Waals surface area contributed by atoms with Crippen LogP contribution in [0.4, 0.5) is 0 Å². The van der Waals surface area contributed by atoms with Gasteiger partial charge in [-0.2, -0.15) is 0 Å². The van der Waals surface area contributed by atoms with E-state index in [-0.39, 0.29) is 0 Å². The molecule has 5 heteroatoms. The van der Waals surface area contributed by atoms with Crippen LogP contribution < -0.4 is 11.7 Å². The molecule has 0 spiro atoms. The van der Waals surface area contributed by atoms with Gasteiger partial charge >= 0.3 is 0 Å². The monoisotopic (exact) mass is 107 g/mol. The standard InChI is InChI=1S/C2H5NO2.H4N2/c1-2-5-3-4;1-2/h2H2,1H3;1-2H2. The highest BCUT2D eigenvalue weighted by atomic mass is 16.7. The molecule has 0 atom stereocenters. The Labute approximate surface area is 41.5 Å². The first-order valence-electron chi connectivity index (χ1n) is 1.69. The maximum Gasteiger partial charge on any atom is 0.155 e. The molecular formula is C2H9N3O2. The van der Waals surface area contributed by atoms with Gasteiger partial charge in [-0.25, -0.2) is 0 Å². The van der Waals surface area contributed by atoms with Crippen LogP contribution in [0.25, 0.3) is 0 Å². The van der Waals surface area contributed by atoms with Crippen LogP contribution >= 0.6 is 0 Å². The lowest BCUT2D eigenvalue weighted by atomic mass is 10.9. The van der Waals surface area contributed by atoms with Crippen molar-refractivity contribution in [2.45, 2.75) is 6.92 Å². The zero-order chi connectivity index (χ0) is 6.12. The Kier molecular flexibility index (Phi) is 25.3. The third-order valence-electron chi connectivity index (χ3n) is 0.182. The molecule has 0 bridgehead atoms. The molecular weight excluding hydrogens is 98.0 g/mol. The van der Waals surface area contributed by atoms with E-state index in [0.717, 1.165) is 0 Å². The Balaban J connectivity index is 0. The van der Waals surface area contributed by atoms with Crippen LogP contribution in [-0.2, 0) is 4.84 Å². The average Bonchev–Trinajstić information content (AvgIpc) is 1.75. The maximum atomic E-state index is 8.93. The molecule has 0 fully saturated rings. The Morgan fingerprint density at radius 1 is 1.71 bits per heavy atom. The van der Waals surface area contributed by atoms with Crippen molar-refractivity contribution in [3.63, 3.8) is 0 Å². The molecule has 5 nitrogen and oxygen atoms in total. The molecule has 44 valence electrons. The van der Waals surface area contributed by atoms with Crippen LogP contribution in [0.5, 0.6) is 0 Å². The molecule has 0 rings (SSSR count). The fourth-order valence-electron chi connectivity index (χ4n) is 0.0527. The molecule has 0 aliphatic rings. The molecule has 0 saturated heterocycles. The third kappa shape index (κ3) is 33.7. The summed E-state index contributed by atoms with van der Waals surface area (Å²) in [5, 5.41) is 2.10. The van der Waals surface area contributed by atoms with E-state index >= 15 is 0 Å². The van der Waals surface area contributed by atoms with Gasteiger partial charge in [0, 0.05) is 0 Å². The number of hydrogen-bond acceptors (Lipinski definition) is 5. The summed E-state index contributed by atoms with van der Waals surface area (Å²) in [4.78, 5) is 12.8. The van der Waals surface area contributed by atoms with Gasteiger partial charge in [0.1, 0.15) is 6.61 Å². The summed E-state index contributed by atoms with van der Waals surface area (Å²) >= 11 is 0. The molecule has 0 heterocycles. The number of hydrogen-bond donors (Lipinski definition) is 2. The van der Waals surface area contributed by atoms with Crippen LogP contribution in [0.2, 0.25) is 0 Å². The van der Waals surface area contributed by atoms with Crippen LogP contribution in [-0.4, -0.2) is 6.61 Å². The highest BCUT2D eigenvalue weighted by molar-refractivity contribution is 4.01. The molecule has 0 aliphatic carbocycles. The predicted molar refractivity (Wildman–Crippen MR) is 25.8 cm³/mol. The van der Waals surface area contributed by atoms with Crippen molar-refractivity contribution in [3.8, 4) is 0 Å². The summed E-state index contributed by atoms with van der Waals surface area (Å²) in [5.41, 5.74) is 0. The number of nitrogens with two attached hydrogens (primary N) is 2. The highest BCUT2D eigenvalue weighted by Gasteiger charge is 1.62. The topological polar surface area (TPSA) is 90.7 Å². The van der Waals surface area contributed by atoms with E-state index in [1.54, 1.807) is 6.92 Å².